The van der Waals surface area contributed by atoms with Gasteiger partial charge in [0.25, 0.3) is 0 Å². The average Bonchev–Trinajstić information content (AvgIpc) is 2.77. The molecular weight excluding hydrogens is 570 g/mol. The molecule has 0 N–H and O–H groups in total. The van der Waals surface area contributed by atoms with E-state index < -0.39 is 0 Å². The van der Waals surface area contributed by atoms with Crippen LogP contribution in [0.4, 0.5) is 17.1 Å². The zero-order valence-electron chi connectivity index (χ0n) is 16.9. The third kappa shape index (κ3) is 7.23. The minimum atomic E-state index is 0.662. The summed E-state index contributed by atoms with van der Waals surface area (Å²) in [7, 11) is 0. The third-order valence-electron chi connectivity index (χ3n) is 4.81. The number of rotatable bonds is 11. The van der Waals surface area contributed by atoms with E-state index in [9.17, 15) is 0 Å². The van der Waals surface area contributed by atoms with E-state index in [0.29, 0.717) is 6.61 Å². The molecule has 0 radical (unpaired) electrons. The standard InChI is InChI=1S/C25H26Br3NO/c26-17-3-1-2-4-18-30-19-20-5-11-23(12-6-20)29(24-13-7-21(27)8-14-24)25-15-9-22(28)10-16-25/h5-16H,1-4,17-19H2. The highest BCUT2D eigenvalue weighted by atomic mass is 79.9. The van der Waals surface area contributed by atoms with Crippen molar-refractivity contribution in [1.82, 2.24) is 0 Å². The number of nitrogens with zero attached hydrogens (tertiary/aromatic N) is 1. The molecule has 0 unspecified atom stereocenters. The van der Waals surface area contributed by atoms with Crippen LogP contribution in [0.15, 0.2) is 81.7 Å². The lowest BCUT2D eigenvalue weighted by Gasteiger charge is -2.25. The van der Waals surface area contributed by atoms with Gasteiger partial charge >= 0.3 is 0 Å². The first-order valence-electron chi connectivity index (χ1n) is 10.2. The fraction of sp³-hybridized carbons (Fsp3) is 0.280. The van der Waals surface area contributed by atoms with E-state index in [1.807, 2.05) is 0 Å². The van der Waals surface area contributed by atoms with Crippen molar-refractivity contribution in [2.24, 2.45) is 0 Å². The summed E-state index contributed by atoms with van der Waals surface area (Å²) < 4.78 is 8.00. The van der Waals surface area contributed by atoms with Crippen LogP contribution in [0.2, 0.25) is 0 Å². The van der Waals surface area contributed by atoms with E-state index in [0.717, 1.165) is 44.4 Å². The Labute approximate surface area is 205 Å². The molecule has 0 aliphatic carbocycles. The second-order valence-corrected chi connectivity index (χ2v) is 9.73. The number of anilines is 3. The van der Waals surface area contributed by atoms with E-state index in [1.165, 1.54) is 24.8 Å². The molecule has 5 heteroatoms. The molecule has 0 spiro atoms. The summed E-state index contributed by atoms with van der Waals surface area (Å²) in [4.78, 5) is 2.26. The molecule has 0 aromatic heterocycles. The number of halogens is 3. The molecule has 158 valence electrons. The molecule has 3 aromatic carbocycles. The summed E-state index contributed by atoms with van der Waals surface area (Å²) in [5.41, 5.74) is 4.56. The highest BCUT2D eigenvalue weighted by molar-refractivity contribution is 9.10. The zero-order chi connectivity index (χ0) is 21.2. The molecule has 0 aliphatic heterocycles. The summed E-state index contributed by atoms with van der Waals surface area (Å²) >= 11 is 10.5. The zero-order valence-corrected chi connectivity index (χ0v) is 21.6. The molecule has 2 nitrogen and oxygen atoms in total. The lowest BCUT2D eigenvalue weighted by atomic mass is 10.1. The number of hydrogen-bond acceptors (Lipinski definition) is 2. The van der Waals surface area contributed by atoms with Gasteiger partial charge in [0, 0.05) is 37.9 Å². The average molecular weight is 596 g/mol. The maximum Gasteiger partial charge on any atom is 0.0716 e. The van der Waals surface area contributed by atoms with Gasteiger partial charge in [-0.1, -0.05) is 72.8 Å². The van der Waals surface area contributed by atoms with Crippen LogP contribution in [-0.4, -0.2) is 11.9 Å². The van der Waals surface area contributed by atoms with Gasteiger partial charge in [0.05, 0.1) is 6.61 Å². The van der Waals surface area contributed by atoms with Crippen LogP contribution >= 0.6 is 47.8 Å². The first kappa shape index (κ1) is 23.5. The Balaban J connectivity index is 1.68. The molecule has 0 saturated heterocycles. The fourth-order valence-electron chi connectivity index (χ4n) is 3.21. The topological polar surface area (TPSA) is 12.5 Å². The van der Waals surface area contributed by atoms with E-state index in [2.05, 4.69) is 125 Å². The summed E-state index contributed by atoms with van der Waals surface area (Å²) in [5, 5.41) is 1.09. The van der Waals surface area contributed by atoms with Crippen LogP contribution < -0.4 is 4.90 Å². The van der Waals surface area contributed by atoms with Crippen LogP contribution in [0.25, 0.3) is 0 Å². The van der Waals surface area contributed by atoms with E-state index in [-0.39, 0.29) is 0 Å². The molecule has 3 aromatic rings. The summed E-state index contributed by atoms with van der Waals surface area (Å²) in [6.07, 6.45) is 4.88. The largest absolute Gasteiger partial charge is 0.377 e. The smallest absolute Gasteiger partial charge is 0.0716 e. The Morgan fingerprint density at radius 2 is 1.07 bits per heavy atom. The Bertz CT molecular complexity index is 834. The van der Waals surface area contributed by atoms with Crippen molar-refractivity contribution in [3.63, 3.8) is 0 Å². The van der Waals surface area contributed by atoms with Crippen LogP contribution in [-0.2, 0) is 11.3 Å². The Morgan fingerprint density at radius 1 is 0.600 bits per heavy atom. The molecule has 30 heavy (non-hydrogen) atoms. The van der Waals surface area contributed by atoms with E-state index >= 15 is 0 Å². The monoisotopic (exact) mass is 593 g/mol. The predicted octanol–water partition coefficient (Wildman–Crippen LogP) is 9.15. The first-order valence-corrected chi connectivity index (χ1v) is 12.9. The number of unbranched alkanes of at least 4 members (excludes halogenated alkanes) is 3. The predicted molar refractivity (Wildman–Crippen MR) is 138 cm³/mol. The van der Waals surface area contributed by atoms with Crippen molar-refractivity contribution in [2.75, 3.05) is 16.8 Å². The van der Waals surface area contributed by atoms with Crippen molar-refractivity contribution < 1.29 is 4.74 Å². The molecular formula is C25H26Br3NO. The van der Waals surface area contributed by atoms with Gasteiger partial charge in [-0.25, -0.2) is 0 Å². The van der Waals surface area contributed by atoms with Gasteiger partial charge in [-0.05, 0) is 79.1 Å². The lowest BCUT2D eigenvalue weighted by Crippen LogP contribution is -2.09. The maximum atomic E-state index is 5.86. The summed E-state index contributed by atoms with van der Waals surface area (Å²) in [6.45, 7) is 1.49. The second-order valence-electron chi connectivity index (χ2n) is 7.11. The highest BCUT2D eigenvalue weighted by Crippen LogP contribution is 2.35. The van der Waals surface area contributed by atoms with Crippen LogP contribution in [0.1, 0.15) is 31.2 Å². The van der Waals surface area contributed by atoms with Crippen LogP contribution in [0.3, 0.4) is 0 Å². The summed E-state index contributed by atoms with van der Waals surface area (Å²) in [5.74, 6) is 0. The molecule has 0 bridgehead atoms. The summed E-state index contributed by atoms with van der Waals surface area (Å²) in [6, 6.07) is 25.4. The number of alkyl halides is 1. The van der Waals surface area contributed by atoms with Gasteiger partial charge in [-0.2, -0.15) is 0 Å². The minimum Gasteiger partial charge on any atom is -0.377 e. The Hall–Kier alpha value is -1.14. The van der Waals surface area contributed by atoms with Gasteiger partial charge in [-0.15, -0.1) is 0 Å². The van der Waals surface area contributed by atoms with Crippen LogP contribution in [0.5, 0.6) is 0 Å². The van der Waals surface area contributed by atoms with Gasteiger partial charge in [0.2, 0.25) is 0 Å². The van der Waals surface area contributed by atoms with Crippen molar-refractivity contribution in [3.8, 4) is 0 Å². The molecule has 0 aliphatic rings. The van der Waals surface area contributed by atoms with Gasteiger partial charge in [-0.3, -0.25) is 0 Å². The fourth-order valence-corrected chi connectivity index (χ4v) is 4.14. The van der Waals surface area contributed by atoms with Crippen LogP contribution in [0, 0.1) is 0 Å². The van der Waals surface area contributed by atoms with Crippen molar-refractivity contribution >= 4 is 64.9 Å². The van der Waals surface area contributed by atoms with E-state index in [1.54, 1.807) is 0 Å². The minimum absolute atomic E-state index is 0.662. The molecule has 0 saturated carbocycles. The van der Waals surface area contributed by atoms with Gasteiger partial charge < -0.3 is 9.64 Å². The molecule has 3 rings (SSSR count). The number of hydrogen-bond donors (Lipinski definition) is 0. The molecule has 0 fully saturated rings. The van der Waals surface area contributed by atoms with E-state index in [4.69, 9.17) is 4.74 Å². The Morgan fingerprint density at radius 3 is 1.57 bits per heavy atom. The maximum absolute atomic E-state index is 5.86. The lowest BCUT2D eigenvalue weighted by molar-refractivity contribution is 0.117. The molecule has 0 amide bonds. The number of benzene rings is 3. The normalized spacial score (nSPS) is 10.9. The first-order chi connectivity index (χ1) is 14.7. The molecule has 0 atom stereocenters. The SMILES string of the molecule is BrCCCCCCOCc1ccc(N(c2ccc(Br)cc2)c2ccc(Br)cc2)cc1. The quantitative estimate of drug-likeness (QED) is 0.162. The van der Waals surface area contributed by atoms with Gasteiger partial charge in [0.15, 0.2) is 0 Å². The number of ether oxygens (including phenoxy) is 1. The van der Waals surface area contributed by atoms with Crippen molar-refractivity contribution in [3.05, 3.63) is 87.3 Å². The van der Waals surface area contributed by atoms with Crippen molar-refractivity contribution in [2.45, 2.75) is 32.3 Å². The van der Waals surface area contributed by atoms with Gasteiger partial charge in [0.1, 0.15) is 0 Å². The van der Waals surface area contributed by atoms with Crippen molar-refractivity contribution in [1.29, 1.82) is 0 Å². The third-order valence-corrected chi connectivity index (χ3v) is 6.42. The highest BCUT2D eigenvalue weighted by Gasteiger charge is 2.12. The Kier molecular flexibility index (Phi) is 9.92. The second kappa shape index (κ2) is 12.7. The molecule has 0 heterocycles.